The van der Waals surface area contributed by atoms with Gasteiger partial charge in [0.05, 0.1) is 6.04 Å². The predicted molar refractivity (Wildman–Crippen MR) is 53.2 cm³/mol. The van der Waals surface area contributed by atoms with Crippen molar-refractivity contribution in [3.63, 3.8) is 0 Å². The molecular formula is C10H18N2O2. The van der Waals surface area contributed by atoms with Crippen molar-refractivity contribution in [3.05, 3.63) is 0 Å². The summed E-state index contributed by atoms with van der Waals surface area (Å²) < 4.78 is 0. The average Bonchev–Trinajstić information content (AvgIpc) is 2.56. The molecule has 1 aliphatic carbocycles. The Morgan fingerprint density at radius 1 is 1.07 bits per heavy atom. The van der Waals surface area contributed by atoms with Crippen LogP contribution in [-0.2, 0) is 9.59 Å². The van der Waals surface area contributed by atoms with Gasteiger partial charge in [0.15, 0.2) is 0 Å². The van der Waals surface area contributed by atoms with Gasteiger partial charge in [0.1, 0.15) is 0 Å². The van der Waals surface area contributed by atoms with Gasteiger partial charge in [-0.05, 0) is 12.8 Å². The Kier molecular flexibility index (Phi) is 3.49. The van der Waals surface area contributed by atoms with E-state index in [1.807, 2.05) is 0 Å². The molecule has 0 aromatic rings. The maximum Gasteiger partial charge on any atom is 0.238 e. The maximum atomic E-state index is 11.4. The molecule has 1 saturated carbocycles. The van der Waals surface area contributed by atoms with Crippen LogP contribution in [0.3, 0.4) is 0 Å². The van der Waals surface area contributed by atoms with E-state index in [4.69, 9.17) is 0 Å². The van der Waals surface area contributed by atoms with Gasteiger partial charge in [-0.1, -0.05) is 12.8 Å². The second-order valence-corrected chi connectivity index (χ2v) is 3.84. The van der Waals surface area contributed by atoms with Crippen LogP contribution in [0, 0.1) is 0 Å². The monoisotopic (exact) mass is 198 g/mol. The van der Waals surface area contributed by atoms with Gasteiger partial charge in [-0.15, -0.1) is 0 Å². The Morgan fingerprint density at radius 2 is 1.57 bits per heavy atom. The molecule has 0 bridgehead atoms. The van der Waals surface area contributed by atoms with E-state index in [-0.39, 0.29) is 17.9 Å². The fourth-order valence-electron chi connectivity index (χ4n) is 2.01. The minimum atomic E-state index is -0.0906. The highest BCUT2D eigenvalue weighted by Crippen LogP contribution is 2.24. The van der Waals surface area contributed by atoms with Crippen LogP contribution in [0.15, 0.2) is 0 Å². The van der Waals surface area contributed by atoms with Crippen LogP contribution >= 0.6 is 0 Å². The largest absolute Gasteiger partial charge is 0.273 e. The molecule has 0 saturated heterocycles. The standard InChI is InChI=1S/C10H18N2O2/c1-8(13)11(3)12(9(2)14)10-6-4-5-7-10/h10H,4-7H2,1-3H3. The Bertz CT molecular complexity index is 234. The third-order valence-corrected chi connectivity index (χ3v) is 2.77. The lowest BCUT2D eigenvalue weighted by Gasteiger charge is -2.35. The van der Waals surface area contributed by atoms with Gasteiger partial charge in [0.25, 0.3) is 0 Å². The number of carbonyl (C=O) groups excluding carboxylic acids is 2. The number of amides is 2. The zero-order valence-corrected chi connectivity index (χ0v) is 9.12. The van der Waals surface area contributed by atoms with Crippen molar-refractivity contribution in [2.24, 2.45) is 0 Å². The Morgan fingerprint density at radius 3 is 1.93 bits per heavy atom. The molecule has 0 aromatic heterocycles. The van der Waals surface area contributed by atoms with Crippen molar-refractivity contribution in [2.45, 2.75) is 45.6 Å². The molecule has 0 N–H and O–H groups in total. The third-order valence-electron chi connectivity index (χ3n) is 2.77. The molecule has 4 heteroatoms. The number of rotatable bonds is 1. The Balaban J connectivity index is 2.72. The van der Waals surface area contributed by atoms with E-state index in [0.29, 0.717) is 0 Å². The van der Waals surface area contributed by atoms with E-state index in [2.05, 4.69) is 0 Å². The second-order valence-electron chi connectivity index (χ2n) is 3.84. The highest BCUT2D eigenvalue weighted by molar-refractivity contribution is 5.79. The first-order chi connectivity index (χ1) is 6.54. The van der Waals surface area contributed by atoms with Crippen molar-refractivity contribution in [1.82, 2.24) is 10.0 Å². The topological polar surface area (TPSA) is 40.6 Å². The summed E-state index contributed by atoms with van der Waals surface area (Å²) >= 11 is 0. The van der Waals surface area contributed by atoms with Gasteiger partial charge in [0, 0.05) is 20.9 Å². The second kappa shape index (κ2) is 4.44. The maximum absolute atomic E-state index is 11.4. The molecule has 80 valence electrons. The zero-order valence-electron chi connectivity index (χ0n) is 9.12. The lowest BCUT2D eigenvalue weighted by molar-refractivity contribution is -0.162. The summed E-state index contributed by atoms with van der Waals surface area (Å²) in [5, 5.41) is 3.02. The molecule has 0 unspecified atom stereocenters. The summed E-state index contributed by atoms with van der Waals surface area (Å²) in [4.78, 5) is 22.6. The first kappa shape index (κ1) is 11.0. The van der Waals surface area contributed by atoms with E-state index in [0.717, 1.165) is 25.7 Å². The molecule has 0 heterocycles. The number of hydrogen-bond donors (Lipinski definition) is 0. The molecule has 1 aliphatic rings. The first-order valence-electron chi connectivity index (χ1n) is 5.08. The van der Waals surface area contributed by atoms with Crippen LogP contribution in [0.25, 0.3) is 0 Å². The minimum absolute atomic E-state index is 0.0467. The molecule has 14 heavy (non-hydrogen) atoms. The summed E-state index contributed by atoms with van der Waals surface area (Å²) in [6.07, 6.45) is 4.33. The molecule has 0 atom stereocenters. The van der Waals surface area contributed by atoms with Gasteiger partial charge >= 0.3 is 0 Å². The van der Waals surface area contributed by atoms with E-state index >= 15 is 0 Å². The van der Waals surface area contributed by atoms with Crippen LogP contribution in [0.2, 0.25) is 0 Å². The number of nitrogens with zero attached hydrogens (tertiary/aromatic N) is 2. The fraction of sp³-hybridized carbons (Fsp3) is 0.800. The van der Waals surface area contributed by atoms with Crippen LogP contribution in [0.1, 0.15) is 39.5 Å². The van der Waals surface area contributed by atoms with Crippen LogP contribution in [0.4, 0.5) is 0 Å². The smallest absolute Gasteiger partial charge is 0.238 e. The SMILES string of the molecule is CC(=O)N(C)N(C(C)=O)C1CCCC1. The van der Waals surface area contributed by atoms with Crippen molar-refractivity contribution >= 4 is 11.8 Å². The summed E-state index contributed by atoms with van der Waals surface area (Å²) in [6, 6.07) is 0.224. The van der Waals surface area contributed by atoms with Crippen LogP contribution in [-0.4, -0.2) is 34.9 Å². The van der Waals surface area contributed by atoms with Crippen molar-refractivity contribution < 1.29 is 9.59 Å². The highest BCUT2D eigenvalue weighted by atomic mass is 16.2. The van der Waals surface area contributed by atoms with Gasteiger partial charge in [0.2, 0.25) is 11.8 Å². The molecular weight excluding hydrogens is 180 g/mol. The lowest BCUT2D eigenvalue weighted by atomic mass is 10.2. The molecule has 1 fully saturated rings. The van der Waals surface area contributed by atoms with Gasteiger partial charge in [-0.25, -0.2) is 5.01 Å². The molecule has 1 rings (SSSR count). The number of carbonyl (C=O) groups is 2. The van der Waals surface area contributed by atoms with Crippen molar-refractivity contribution in [3.8, 4) is 0 Å². The third kappa shape index (κ3) is 2.25. The summed E-state index contributed by atoms with van der Waals surface area (Å²) in [6.45, 7) is 2.99. The molecule has 0 aliphatic heterocycles. The van der Waals surface area contributed by atoms with Crippen LogP contribution < -0.4 is 0 Å². The Labute approximate surface area is 84.8 Å². The first-order valence-corrected chi connectivity index (χ1v) is 5.08. The average molecular weight is 198 g/mol. The van der Waals surface area contributed by atoms with Crippen molar-refractivity contribution in [2.75, 3.05) is 7.05 Å². The fourth-order valence-corrected chi connectivity index (χ4v) is 2.01. The quantitative estimate of drug-likeness (QED) is 0.593. The lowest BCUT2D eigenvalue weighted by Crippen LogP contribution is -2.50. The molecule has 0 aromatic carbocycles. The van der Waals surface area contributed by atoms with Crippen molar-refractivity contribution in [1.29, 1.82) is 0 Å². The summed E-state index contributed by atoms with van der Waals surface area (Å²) in [7, 11) is 1.65. The van der Waals surface area contributed by atoms with E-state index in [1.54, 1.807) is 12.1 Å². The van der Waals surface area contributed by atoms with E-state index < -0.39 is 0 Å². The highest BCUT2D eigenvalue weighted by Gasteiger charge is 2.28. The summed E-state index contributed by atoms with van der Waals surface area (Å²) in [5.74, 6) is -0.137. The number of hydrogen-bond acceptors (Lipinski definition) is 2. The molecule has 0 radical (unpaired) electrons. The van der Waals surface area contributed by atoms with Gasteiger partial charge in [-0.2, -0.15) is 0 Å². The predicted octanol–water partition coefficient (Wildman–Crippen LogP) is 1.17. The van der Waals surface area contributed by atoms with E-state index in [9.17, 15) is 9.59 Å². The molecule has 4 nitrogen and oxygen atoms in total. The minimum Gasteiger partial charge on any atom is -0.273 e. The van der Waals surface area contributed by atoms with Gasteiger partial charge < -0.3 is 0 Å². The Hall–Kier alpha value is -1.06. The molecule has 2 amide bonds. The summed E-state index contributed by atoms with van der Waals surface area (Å²) in [5.41, 5.74) is 0. The number of hydrazine groups is 1. The normalized spacial score (nSPS) is 16.8. The van der Waals surface area contributed by atoms with Gasteiger partial charge in [-0.3, -0.25) is 14.6 Å². The van der Waals surface area contributed by atoms with Crippen LogP contribution in [0.5, 0.6) is 0 Å². The molecule has 0 spiro atoms. The van der Waals surface area contributed by atoms with E-state index in [1.165, 1.54) is 18.9 Å². The zero-order chi connectivity index (χ0) is 10.7.